The number of rotatable bonds is 3. The molecular formula is C14H14N2O4. The minimum Gasteiger partial charge on any atom is -0.413 e. The molecule has 1 aliphatic heterocycles. The highest BCUT2D eigenvalue weighted by molar-refractivity contribution is 5.94. The van der Waals surface area contributed by atoms with Crippen LogP contribution in [0.15, 0.2) is 33.6 Å². The van der Waals surface area contributed by atoms with E-state index in [1.165, 1.54) is 4.57 Å². The van der Waals surface area contributed by atoms with Gasteiger partial charge < -0.3 is 14.8 Å². The summed E-state index contributed by atoms with van der Waals surface area (Å²) in [6.07, 6.45) is 3.05. The number of hydrogen-bond acceptors (Lipinski definition) is 4. The van der Waals surface area contributed by atoms with E-state index in [1.807, 2.05) is 12.1 Å². The van der Waals surface area contributed by atoms with Crippen LogP contribution in [0.5, 0.6) is 0 Å². The monoisotopic (exact) mass is 274 g/mol. The standard InChI is InChI=1S/C14H14N2O4/c17-6-5-11-8-16(14(19)20-11)10-3-1-9-2-4-13(18)15-12(9)7-10/h1,3,7-8,17H,2,4-6H2,(H,15,18). The van der Waals surface area contributed by atoms with Crippen molar-refractivity contribution in [2.24, 2.45) is 0 Å². The van der Waals surface area contributed by atoms with Crippen molar-refractivity contribution in [3.8, 4) is 5.69 Å². The Hall–Kier alpha value is -2.34. The molecule has 0 saturated carbocycles. The van der Waals surface area contributed by atoms with Crippen LogP contribution >= 0.6 is 0 Å². The Morgan fingerprint density at radius 3 is 2.95 bits per heavy atom. The summed E-state index contributed by atoms with van der Waals surface area (Å²) in [6, 6.07) is 5.47. The van der Waals surface area contributed by atoms with Gasteiger partial charge in [0.2, 0.25) is 5.91 Å². The van der Waals surface area contributed by atoms with Crippen LogP contribution in [0, 0.1) is 0 Å². The number of carbonyl (C=O) groups excluding carboxylic acids is 1. The minimum atomic E-state index is -0.504. The number of aliphatic hydroxyl groups is 1. The predicted octanol–water partition coefficient (Wildman–Crippen LogP) is 0.850. The van der Waals surface area contributed by atoms with Gasteiger partial charge in [-0.2, -0.15) is 0 Å². The lowest BCUT2D eigenvalue weighted by Crippen LogP contribution is -2.19. The van der Waals surface area contributed by atoms with Crippen LogP contribution in [0.1, 0.15) is 17.7 Å². The van der Waals surface area contributed by atoms with Crippen molar-refractivity contribution >= 4 is 11.6 Å². The zero-order valence-corrected chi connectivity index (χ0v) is 10.8. The van der Waals surface area contributed by atoms with E-state index in [9.17, 15) is 9.59 Å². The van der Waals surface area contributed by atoms with E-state index in [4.69, 9.17) is 9.52 Å². The van der Waals surface area contributed by atoms with Crippen molar-refractivity contribution in [1.82, 2.24) is 4.57 Å². The van der Waals surface area contributed by atoms with E-state index in [0.29, 0.717) is 30.7 Å². The molecule has 6 heteroatoms. The molecular weight excluding hydrogens is 260 g/mol. The van der Waals surface area contributed by atoms with E-state index in [1.54, 1.807) is 12.3 Å². The van der Waals surface area contributed by atoms with Crippen LogP contribution in [0.25, 0.3) is 5.69 Å². The van der Waals surface area contributed by atoms with Gasteiger partial charge in [-0.3, -0.25) is 4.79 Å². The van der Waals surface area contributed by atoms with Gasteiger partial charge in [0.1, 0.15) is 5.76 Å². The molecule has 6 nitrogen and oxygen atoms in total. The highest BCUT2D eigenvalue weighted by Crippen LogP contribution is 2.25. The van der Waals surface area contributed by atoms with Crippen LogP contribution < -0.4 is 11.1 Å². The van der Waals surface area contributed by atoms with E-state index in [0.717, 1.165) is 11.3 Å². The van der Waals surface area contributed by atoms with Crippen molar-refractivity contribution in [2.75, 3.05) is 11.9 Å². The summed E-state index contributed by atoms with van der Waals surface area (Å²) in [5, 5.41) is 11.7. The molecule has 20 heavy (non-hydrogen) atoms. The Morgan fingerprint density at radius 1 is 1.30 bits per heavy atom. The highest BCUT2D eigenvalue weighted by atomic mass is 16.4. The normalized spacial score (nSPS) is 13.9. The second kappa shape index (κ2) is 4.97. The molecule has 2 N–H and O–H groups in total. The zero-order valence-electron chi connectivity index (χ0n) is 10.8. The molecule has 2 heterocycles. The summed E-state index contributed by atoms with van der Waals surface area (Å²) in [4.78, 5) is 23.2. The van der Waals surface area contributed by atoms with Crippen LogP contribution in [0.2, 0.25) is 0 Å². The maximum atomic E-state index is 11.8. The number of nitrogens with one attached hydrogen (secondary N) is 1. The number of anilines is 1. The van der Waals surface area contributed by atoms with Crippen LogP contribution in [0.4, 0.5) is 5.69 Å². The molecule has 0 aliphatic carbocycles. The topological polar surface area (TPSA) is 84.5 Å². The van der Waals surface area contributed by atoms with Gasteiger partial charge in [-0.1, -0.05) is 6.07 Å². The number of aromatic nitrogens is 1. The molecule has 0 unspecified atom stereocenters. The van der Waals surface area contributed by atoms with Gasteiger partial charge in [0.15, 0.2) is 0 Å². The summed E-state index contributed by atoms with van der Waals surface area (Å²) in [6.45, 7) is -0.0762. The molecule has 0 atom stereocenters. The molecule has 0 bridgehead atoms. The number of amides is 1. The van der Waals surface area contributed by atoms with E-state index >= 15 is 0 Å². The van der Waals surface area contributed by atoms with Gasteiger partial charge in [-0.15, -0.1) is 0 Å². The predicted molar refractivity (Wildman–Crippen MR) is 72.0 cm³/mol. The van der Waals surface area contributed by atoms with Gasteiger partial charge in [-0.25, -0.2) is 9.36 Å². The molecule has 0 radical (unpaired) electrons. The van der Waals surface area contributed by atoms with Crippen LogP contribution in [-0.2, 0) is 17.6 Å². The number of oxazole rings is 1. The third-order valence-corrected chi connectivity index (χ3v) is 3.31. The number of aliphatic hydroxyl groups excluding tert-OH is 1. The molecule has 0 fully saturated rings. The molecule has 1 amide bonds. The number of aryl methyl sites for hydroxylation is 1. The highest BCUT2D eigenvalue weighted by Gasteiger charge is 2.16. The third-order valence-electron chi connectivity index (χ3n) is 3.31. The first-order valence-corrected chi connectivity index (χ1v) is 6.43. The Kier molecular flexibility index (Phi) is 3.15. The number of carbonyl (C=O) groups is 1. The molecule has 104 valence electrons. The number of nitrogens with zero attached hydrogens (tertiary/aromatic N) is 1. The molecule has 3 rings (SSSR count). The first kappa shape index (κ1) is 12.7. The largest absolute Gasteiger partial charge is 0.423 e. The molecule has 1 aliphatic rings. The van der Waals surface area contributed by atoms with Crippen molar-refractivity contribution in [1.29, 1.82) is 0 Å². The molecule has 0 saturated heterocycles. The van der Waals surface area contributed by atoms with E-state index < -0.39 is 5.76 Å². The SMILES string of the molecule is O=C1CCc2ccc(-n3cc(CCO)oc3=O)cc2N1. The van der Waals surface area contributed by atoms with Crippen molar-refractivity contribution in [2.45, 2.75) is 19.3 Å². The molecule has 1 aromatic heterocycles. The second-order valence-corrected chi connectivity index (χ2v) is 4.70. The van der Waals surface area contributed by atoms with Crippen LogP contribution in [0.3, 0.4) is 0 Å². The summed E-state index contributed by atoms with van der Waals surface area (Å²) in [5.74, 6) is -0.0926. The first-order chi connectivity index (χ1) is 9.67. The maximum absolute atomic E-state index is 11.8. The summed E-state index contributed by atoms with van der Waals surface area (Å²) in [7, 11) is 0. The fraction of sp³-hybridized carbons (Fsp3) is 0.286. The quantitative estimate of drug-likeness (QED) is 0.869. The Balaban J connectivity index is 2.00. The lowest BCUT2D eigenvalue weighted by atomic mass is 10.0. The average molecular weight is 274 g/mol. The van der Waals surface area contributed by atoms with E-state index in [-0.39, 0.29) is 12.5 Å². The number of fused-ring (bicyclic) bond motifs is 1. The molecule has 2 aromatic rings. The minimum absolute atomic E-state index is 0.0184. The Labute approximate surface area is 114 Å². The summed E-state index contributed by atoms with van der Waals surface area (Å²) in [5.41, 5.74) is 2.42. The fourth-order valence-electron chi connectivity index (χ4n) is 2.30. The van der Waals surface area contributed by atoms with Crippen molar-refractivity contribution < 1.29 is 14.3 Å². The number of hydrogen-bond donors (Lipinski definition) is 2. The van der Waals surface area contributed by atoms with Crippen molar-refractivity contribution in [3.63, 3.8) is 0 Å². The van der Waals surface area contributed by atoms with Crippen LogP contribution in [-0.4, -0.2) is 22.2 Å². The molecule has 0 spiro atoms. The maximum Gasteiger partial charge on any atom is 0.423 e. The van der Waals surface area contributed by atoms with Crippen molar-refractivity contribution in [3.05, 3.63) is 46.3 Å². The zero-order chi connectivity index (χ0) is 14.1. The van der Waals surface area contributed by atoms with Gasteiger partial charge in [-0.05, 0) is 24.1 Å². The lowest BCUT2D eigenvalue weighted by molar-refractivity contribution is -0.116. The Morgan fingerprint density at radius 2 is 2.15 bits per heavy atom. The fourth-order valence-corrected chi connectivity index (χ4v) is 2.30. The first-order valence-electron chi connectivity index (χ1n) is 6.43. The number of benzene rings is 1. The van der Waals surface area contributed by atoms with Gasteiger partial charge in [0.05, 0.1) is 18.5 Å². The average Bonchev–Trinajstić information content (AvgIpc) is 2.79. The third kappa shape index (κ3) is 2.25. The second-order valence-electron chi connectivity index (χ2n) is 4.70. The Bertz CT molecular complexity index is 714. The lowest BCUT2D eigenvalue weighted by Gasteiger charge is -2.17. The summed E-state index contributed by atoms with van der Waals surface area (Å²) < 4.78 is 6.40. The van der Waals surface area contributed by atoms with Gasteiger partial charge in [0.25, 0.3) is 0 Å². The van der Waals surface area contributed by atoms with Gasteiger partial charge >= 0.3 is 5.76 Å². The van der Waals surface area contributed by atoms with Gasteiger partial charge in [0, 0.05) is 18.5 Å². The summed E-state index contributed by atoms with van der Waals surface area (Å²) >= 11 is 0. The van der Waals surface area contributed by atoms with E-state index in [2.05, 4.69) is 5.32 Å². The molecule has 1 aromatic carbocycles. The smallest absolute Gasteiger partial charge is 0.413 e.